The Hall–Kier alpha value is -1.26. The first-order valence-corrected chi connectivity index (χ1v) is 7.75. The number of carbonyl (C=O) groups excluding carboxylic acids is 1. The van der Waals surface area contributed by atoms with Crippen molar-refractivity contribution in [1.82, 2.24) is 10.2 Å². The van der Waals surface area contributed by atoms with Gasteiger partial charge < -0.3 is 15.3 Å². The molecule has 2 N–H and O–H groups in total. The third kappa shape index (κ3) is 9.64. The number of rotatable bonds is 11. The first-order valence-electron chi connectivity index (χ1n) is 7.75. The van der Waals surface area contributed by atoms with E-state index >= 15 is 0 Å². The summed E-state index contributed by atoms with van der Waals surface area (Å²) in [5, 5.41) is 11.6. The molecular weight excluding hydrogens is 256 g/mol. The maximum absolute atomic E-state index is 12.0. The smallest absolute Gasteiger partial charge is 0.317 e. The zero-order valence-electron chi connectivity index (χ0n) is 13.2. The fraction of sp³-hybridized carbons (Fsp3) is 0.867. The van der Waals surface area contributed by atoms with Crippen LogP contribution in [0.25, 0.3) is 0 Å². The van der Waals surface area contributed by atoms with E-state index in [2.05, 4.69) is 12.2 Å². The molecule has 2 amide bonds. The Morgan fingerprint density at radius 3 is 2.25 bits per heavy atom. The van der Waals surface area contributed by atoms with E-state index in [1.165, 1.54) is 25.7 Å². The van der Waals surface area contributed by atoms with Crippen molar-refractivity contribution in [2.45, 2.75) is 71.8 Å². The van der Waals surface area contributed by atoms with Crippen LogP contribution in [-0.4, -0.2) is 41.1 Å². The Balaban J connectivity index is 3.81. The Morgan fingerprint density at radius 2 is 1.70 bits per heavy atom. The molecule has 20 heavy (non-hydrogen) atoms. The van der Waals surface area contributed by atoms with Crippen LogP contribution in [0.2, 0.25) is 0 Å². The molecule has 0 saturated heterocycles. The predicted molar refractivity (Wildman–Crippen MR) is 80.9 cm³/mol. The van der Waals surface area contributed by atoms with E-state index in [0.717, 1.165) is 12.8 Å². The number of amides is 2. The number of nitrogens with zero attached hydrogens (tertiary/aromatic N) is 1. The molecule has 0 fully saturated rings. The molecule has 0 aromatic heterocycles. The first-order chi connectivity index (χ1) is 9.49. The Labute approximate surface area is 122 Å². The molecule has 0 heterocycles. The van der Waals surface area contributed by atoms with E-state index in [1.807, 2.05) is 13.8 Å². The molecule has 0 radical (unpaired) electrons. The predicted octanol–water partition coefficient (Wildman–Crippen LogP) is 3.24. The number of carboxylic acid groups (broad SMARTS) is 1. The summed E-state index contributed by atoms with van der Waals surface area (Å²) in [5.74, 6) is -0.876. The SMILES string of the molecule is CCCCCCCCNC(=O)N(CCC(=O)O)C(C)C. The van der Waals surface area contributed by atoms with Gasteiger partial charge in [-0.3, -0.25) is 4.79 Å². The van der Waals surface area contributed by atoms with Crippen LogP contribution >= 0.6 is 0 Å². The molecule has 0 aliphatic rings. The number of nitrogens with one attached hydrogen (secondary N) is 1. The van der Waals surface area contributed by atoms with E-state index < -0.39 is 5.97 Å². The molecule has 0 aliphatic heterocycles. The molecule has 0 unspecified atom stereocenters. The minimum Gasteiger partial charge on any atom is -0.481 e. The van der Waals surface area contributed by atoms with Gasteiger partial charge in [0.2, 0.25) is 0 Å². The van der Waals surface area contributed by atoms with Crippen molar-refractivity contribution in [3.05, 3.63) is 0 Å². The van der Waals surface area contributed by atoms with Crippen molar-refractivity contribution in [3.63, 3.8) is 0 Å². The highest BCUT2D eigenvalue weighted by Crippen LogP contribution is 2.05. The first kappa shape index (κ1) is 18.7. The average molecular weight is 286 g/mol. The van der Waals surface area contributed by atoms with Gasteiger partial charge in [0.05, 0.1) is 6.42 Å². The van der Waals surface area contributed by atoms with Gasteiger partial charge in [0, 0.05) is 19.1 Å². The van der Waals surface area contributed by atoms with Crippen LogP contribution in [0.3, 0.4) is 0 Å². The molecule has 5 heteroatoms. The molecule has 0 rings (SSSR count). The lowest BCUT2D eigenvalue weighted by atomic mass is 10.1. The number of hydrogen-bond acceptors (Lipinski definition) is 2. The molecule has 0 aliphatic carbocycles. The monoisotopic (exact) mass is 286 g/mol. The largest absolute Gasteiger partial charge is 0.481 e. The van der Waals surface area contributed by atoms with E-state index in [1.54, 1.807) is 4.90 Å². The van der Waals surface area contributed by atoms with Crippen LogP contribution in [0.15, 0.2) is 0 Å². The second kappa shape index (κ2) is 11.6. The molecule has 118 valence electrons. The van der Waals surface area contributed by atoms with E-state index in [0.29, 0.717) is 6.54 Å². The summed E-state index contributed by atoms with van der Waals surface area (Å²) < 4.78 is 0. The quantitative estimate of drug-likeness (QED) is 0.573. The second-order valence-electron chi connectivity index (χ2n) is 5.43. The number of aliphatic carboxylic acids is 1. The van der Waals surface area contributed by atoms with Crippen LogP contribution in [0.1, 0.15) is 65.7 Å². The van der Waals surface area contributed by atoms with E-state index in [4.69, 9.17) is 5.11 Å². The maximum atomic E-state index is 12.0. The molecular formula is C15H30N2O3. The second-order valence-corrected chi connectivity index (χ2v) is 5.43. The van der Waals surface area contributed by atoms with Gasteiger partial charge in [-0.1, -0.05) is 39.0 Å². The maximum Gasteiger partial charge on any atom is 0.317 e. The van der Waals surface area contributed by atoms with Gasteiger partial charge in [-0.2, -0.15) is 0 Å². The summed E-state index contributed by atoms with van der Waals surface area (Å²) in [6.45, 7) is 6.91. The number of hydrogen-bond donors (Lipinski definition) is 2. The number of urea groups is 1. The number of unbranched alkanes of at least 4 members (excludes halogenated alkanes) is 5. The van der Waals surface area contributed by atoms with Gasteiger partial charge >= 0.3 is 12.0 Å². The summed E-state index contributed by atoms with van der Waals surface area (Å²) in [6, 6.07) is -0.145. The highest BCUT2D eigenvalue weighted by molar-refractivity contribution is 5.75. The molecule has 0 spiro atoms. The summed E-state index contributed by atoms with van der Waals surface area (Å²) >= 11 is 0. The van der Waals surface area contributed by atoms with Gasteiger partial charge in [-0.25, -0.2) is 4.79 Å². The lowest BCUT2D eigenvalue weighted by Crippen LogP contribution is -2.45. The summed E-state index contributed by atoms with van der Waals surface area (Å²) in [4.78, 5) is 24.1. The molecule has 0 bridgehead atoms. The minimum atomic E-state index is -0.876. The summed E-state index contributed by atoms with van der Waals surface area (Å²) in [5.41, 5.74) is 0. The molecule has 5 nitrogen and oxygen atoms in total. The van der Waals surface area contributed by atoms with Crippen molar-refractivity contribution in [1.29, 1.82) is 0 Å². The molecule has 0 aromatic rings. The van der Waals surface area contributed by atoms with Gasteiger partial charge in [0.15, 0.2) is 0 Å². The highest BCUT2D eigenvalue weighted by Gasteiger charge is 2.17. The third-order valence-electron chi connectivity index (χ3n) is 3.26. The van der Waals surface area contributed by atoms with Crippen molar-refractivity contribution in [2.24, 2.45) is 0 Å². The van der Waals surface area contributed by atoms with Gasteiger partial charge in [-0.15, -0.1) is 0 Å². The van der Waals surface area contributed by atoms with Crippen molar-refractivity contribution >= 4 is 12.0 Å². The number of carbonyl (C=O) groups is 2. The van der Waals surface area contributed by atoms with Gasteiger partial charge in [0.25, 0.3) is 0 Å². The van der Waals surface area contributed by atoms with E-state index in [9.17, 15) is 9.59 Å². The Kier molecular flexibility index (Phi) is 10.8. The Bertz CT molecular complexity index is 280. The molecule has 0 saturated carbocycles. The lowest BCUT2D eigenvalue weighted by Gasteiger charge is -2.26. The standard InChI is InChI=1S/C15H30N2O3/c1-4-5-6-7-8-9-11-16-15(20)17(13(2)3)12-10-14(18)19/h13H,4-12H2,1-3H3,(H,16,20)(H,18,19). The van der Waals surface area contributed by atoms with Crippen molar-refractivity contribution in [3.8, 4) is 0 Å². The van der Waals surface area contributed by atoms with Crippen molar-refractivity contribution < 1.29 is 14.7 Å². The van der Waals surface area contributed by atoms with Crippen LogP contribution in [0.4, 0.5) is 4.79 Å². The molecule has 0 aromatic carbocycles. The average Bonchev–Trinajstić information content (AvgIpc) is 2.37. The topological polar surface area (TPSA) is 69.6 Å². The normalized spacial score (nSPS) is 10.6. The summed E-state index contributed by atoms with van der Waals surface area (Å²) in [7, 11) is 0. The zero-order chi connectivity index (χ0) is 15.4. The number of carboxylic acids is 1. The van der Waals surface area contributed by atoms with Crippen LogP contribution in [0, 0.1) is 0 Å². The lowest BCUT2D eigenvalue weighted by molar-refractivity contribution is -0.137. The van der Waals surface area contributed by atoms with Crippen LogP contribution < -0.4 is 5.32 Å². The Morgan fingerprint density at radius 1 is 1.10 bits per heavy atom. The minimum absolute atomic E-state index is 0.0113. The van der Waals surface area contributed by atoms with Crippen LogP contribution in [0.5, 0.6) is 0 Å². The summed E-state index contributed by atoms with van der Waals surface area (Å²) in [6.07, 6.45) is 7.12. The van der Waals surface area contributed by atoms with Gasteiger partial charge in [-0.05, 0) is 20.3 Å². The van der Waals surface area contributed by atoms with Crippen molar-refractivity contribution in [2.75, 3.05) is 13.1 Å². The van der Waals surface area contributed by atoms with E-state index in [-0.39, 0.29) is 25.0 Å². The zero-order valence-corrected chi connectivity index (χ0v) is 13.2. The fourth-order valence-corrected chi connectivity index (χ4v) is 2.01. The third-order valence-corrected chi connectivity index (χ3v) is 3.26. The van der Waals surface area contributed by atoms with Gasteiger partial charge in [0.1, 0.15) is 0 Å². The molecule has 0 atom stereocenters. The fourth-order valence-electron chi connectivity index (χ4n) is 2.01. The van der Waals surface area contributed by atoms with Crippen LogP contribution in [-0.2, 0) is 4.79 Å². The highest BCUT2D eigenvalue weighted by atomic mass is 16.4.